The van der Waals surface area contributed by atoms with Gasteiger partial charge in [0.15, 0.2) is 8.24 Å². The Kier molecular flexibility index (Phi) is 6.46. The molecular weight excluding hydrogens is 350 g/mol. The lowest BCUT2D eigenvalue weighted by Gasteiger charge is -2.31. The van der Waals surface area contributed by atoms with Crippen LogP contribution in [0.2, 0.25) is 58.9 Å². The van der Waals surface area contributed by atoms with Gasteiger partial charge in [-0.1, -0.05) is 46.2 Å². The van der Waals surface area contributed by atoms with Crippen LogP contribution in [-0.2, 0) is 9.22 Å². The zero-order valence-electron chi connectivity index (χ0n) is 17.0. The van der Waals surface area contributed by atoms with Crippen LogP contribution in [-0.4, -0.2) is 46.0 Å². The van der Waals surface area contributed by atoms with Crippen LogP contribution in [0.3, 0.4) is 0 Å². The molecule has 1 aromatic rings. The minimum atomic E-state index is -1.92. The second-order valence-electron chi connectivity index (χ2n) is 9.57. The lowest BCUT2D eigenvalue weighted by atomic mass is 10.00. The summed E-state index contributed by atoms with van der Waals surface area (Å²) in [7, 11) is -5.04. The molecule has 1 rings (SSSR count). The number of aromatic nitrogens is 2. The molecule has 2 atom stereocenters. The van der Waals surface area contributed by atoms with Gasteiger partial charge in [-0.25, -0.2) is 4.98 Å². The molecule has 1 heterocycles. The topological polar surface area (TPSA) is 56.2 Å². The molecule has 8 heteroatoms. The minimum absolute atomic E-state index is 0.0156. The molecule has 0 fully saturated rings. The molecule has 1 N–H and O–H groups in total. The van der Waals surface area contributed by atoms with E-state index in [4.69, 9.17) is 4.43 Å². The molecule has 5 nitrogen and oxygen atoms in total. The largest absolute Gasteiger partial charge is 0.519 e. The summed E-state index contributed by atoms with van der Waals surface area (Å²) in [4.78, 5) is 21.0. The third-order valence-corrected chi connectivity index (χ3v) is 7.38. The number of nitrogens with zero attached hydrogens (tertiary/aromatic N) is 2. The highest BCUT2D eigenvalue weighted by molar-refractivity contribution is 6.74. The highest BCUT2D eigenvalue weighted by Gasteiger charge is 2.35. The van der Waals surface area contributed by atoms with E-state index in [1.165, 1.54) is 0 Å². The summed E-state index contributed by atoms with van der Waals surface area (Å²) in [6, 6.07) is -0.339. The van der Waals surface area contributed by atoms with Crippen molar-refractivity contribution < 1.29 is 9.22 Å². The number of hydrogen-bond donors (Lipinski definition) is 1. The molecule has 0 aromatic carbocycles. The molecule has 0 saturated heterocycles. The van der Waals surface area contributed by atoms with Gasteiger partial charge in [-0.15, -0.1) is 0 Å². The monoisotopic (exact) mass is 385 g/mol. The Morgan fingerprint density at radius 1 is 1.12 bits per heavy atom. The van der Waals surface area contributed by atoms with Gasteiger partial charge in [-0.05, 0) is 19.6 Å². The summed E-state index contributed by atoms with van der Waals surface area (Å²) in [6.07, 6.45) is 4.02. The van der Waals surface area contributed by atoms with Crippen LogP contribution in [0.5, 0.6) is 0 Å². The second kappa shape index (κ2) is 7.27. The highest BCUT2D eigenvalue weighted by atomic mass is 28.4. The maximum absolute atomic E-state index is 12.8. The Labute approximate surface area is 150 Å². The van der Waals surface area contributed by atoms with E-state index in [2.05, 4.69) is 66.6 Å². The number of rotatable bonds is 7. The Bertz CT molecular complexity index is 568. The van der Waals surface area contributed by atoms with E-state index >= 15 is 0 Å². The Hall–Kier alpha value is -0.709. The number of carbonyl (C=O) groups excluding carboxylic acids is 1. The Balaban J connectivity index is 3.09. The molecule has 0 spiro atoms. The van der Waals surface area contributed by atoms with Crippen molar-refractivity contribution >= 4 is 30.8 Å². The van der Waals surface area contributed by atoms with Crippen molar-refractivity contribution in [3.63, 3.8) is 0 Å². The van der Waals surface area contributed by atoms with Crippen molar-refractivity contribution in [1.82, 2.24) is 14.2 Å². The first-order chi connectivity index (χ1) is 10.6. The minimum Gasteiger partial charge on any atom is -0.519 e. The molecule has 24 heavy (non-hydrogen) atoms. The summed E-state index contributed by atoms with van der Waals surface area (Å²) in [5.74, 6) is -0.148. The van der Waals surface area contributed by atoms with E-state index in [0.29, 0.717) is 0 Å². The van der Waals surface area contributed by atoms with Crippen molar-refractivity contribution in [2.75, 3.05) is 0 Å². The fraction of sp³-hybridized carbons (Fsp3) is 0.750. The third kappa shape index (κ3) is 6.66. The van der Waals surface area contributed by atoms with Gasteiger partial charge in [-0.3, -0.25) is 4.79 Å². The molecule has 1 aromatic heterocycles. The number of nitrogens with one attached hydrogen (secondary N) is 1. The van der Waals surface area contributed by atoms with Crippen LogP contribution in [0.4, 0.5) is 0 Å². The molecule has 0 aliphatic carbocycles. The van der Waals surface area contributed by atoms with E-state index in [1.807, 2.05) is 26.0 Å². The van der Waals surface area contributed by atoms with E-state index in [1.54, 1.807) is 0 Å². The van der Waals surface area contributed by atoms with Crippen molar-refractivity contribution in [3.05, 3.63) is 18.2 Å². The van der Waals surface area contributed by atoms with Crippen molar-refractivity contribution in [3.8, 4) is 0 Å². The lowest BCUT2D eigenvalue weighted by molar-refractivity contribution is -0.137. The maximum Gasteiger partial charge on any atom is 0.309 e. The zero-order valence-corrected chi connectivity index (χ0v) is 20.0. The van der Waals surface area contributed by atoms with Crippen LogP contribution in [0.15, 0.2) is 12.5 Å². The molecule has 0 bridgehead atoms. The van der Waals surface area contributed by atoms with Crippen LogP contribution < -0.4 is 4.98 Å². The predicted octanol–water partition coefficient (Wildman–Crippen LogP) is 3.84. The van der Waals surface area contributed by atoms with Gasteiger partial charge >= 0.3 is 5.97 Å². The van der Waals surface area contributed by atoms with Crippen LogP contribution >= 0.6 is 0 Å². The molecule has 0 radical (unpaired) electrons. The number of imidazole rings is 1. The zero-order chi connectivity index (χ0) is 18.9. The Morgan fingerprint density at radius 3 is 2.04 bits per heavy atom. The first-order valence-corrected chi connectivity index (χ1v) is 19.0. The van der Waals surface area contributed by atoms with Crippen LogP contribution in [0.25, 0.3) is 0 Å². The van der Waals surface area contributed by atoms with E-state index < -0.39 is 24.8 Å². The highest BCUT2D eigenvalue weighted by Crippen LogP contribution is 2.22. The number of carbonyl (C=O) groups is 1. The van der Waals surface area contributed by atoms with Crippen molar-refractivity contribution in [1.29, 1.82) is 0 Å². The van der Waals surface area contributed by atoms with Crippen molar-refractivity contribution in [2.24, 2.45) is 0 Å². The van der Waals surface area contributed by atoms with Gasteiger partial charge in [-0.2, -0.15) is 0 Å². The van der Waals surface area contributed by atoms with E-state index in [0.717, 1.165) is 5.69 Å². The summed E-state index contributed by atoms with van der Waals surface area (Å²) < 4.78 is 8.03. The fourth-order valence-corrected chi connectivity index (χ4v) is 5.29. The van der Waals surface area contributed by atoms with Gasteiger partial charge in [0.2, 0.25) is 8.32 Å². The quantitative estimate of drug-likeness (QED) is 0.725. The molecule has 0 amide bonds. The summed E-state index contributed by atoms with van der Waals surface area (Å²) in [6.45, 7) is 21.6. The van der Waals surface area contributed by atoms with E-state index in [9.17, 15) is 4.79 Å². The van der Waals surface area contributed by atoms with Gasteiger partial charge in [0.25, 0.3) is 0 Å². The average Bonchev–Trinajstić information content (AvgIpc) is 2.80. The van der Waals surface area contributed by atoms with Crippen LogP contribution in [0.1, 0.15) is 18.5 Å². The maximum atomic E-state index is 12.8. The lowest BCUT2D eigenvalue weighted by Crippen LogP contribution is -2.55. The first-order valence-electron chi connectivity index (χ1n) is 8.65. The molecule has 0 saturated carbocycles. The summed E-state index contributed by atoms with van der Waals surface area (Å²) >= 11 is 0. The van der Waals surface area contributed by atoms with E-state index in [-0.39, 0.29) is 17.9 Å². The predicted molar refractivity (Wildman–Crippen MR) is 109 cm³/mol. The fourth-order valence-electron chi connectivity index (χ4n) is 2.33. The average molecular weight is 386 g/mol. The summed E-state index contributed by atoms with van der Waals surface area (Å²) in [5.41, 5.74) is 0.959. The molecule has 0 aliphatic rings. The molecule has 0 aliphatic heterocycles. The number of hydrogen-bond acceptors (Lipinski definition) is 4. The first kappa shape index (κ1) is 21.3. The molecule has 2 unspecified atom stereocenters. The summed E-state index contributed by atoms with van der Waals surface area (Å²) in [5, 5.41) is 0. The van der Waals surface area contributed by atoms with Gasteiger partial charge in [0, 0.05) is 12.1 Å². The third-order valence-electron chi connectivity index (χ3n) is 3.59. The molecular formula is C16H35N3O2Si3. The second-order valence-corrected chi connectivity index (χ2v) is 23.6. The smallest absolute Gasteiger partial charge is 0.309 e. The normalized spacial score (nSPS) is 15.9. The Morgan fingerprint density at radius 2 is 1.67 bits per heavy atom. The van der Waals surface area contributed by atoms with Gasteiger partial charge in [0.05, 0.1) is 12.0 Å². The standard InChI is InChI=1S/C16H35N3O2Si3/c1-13(14-11-19(12-17-14)23(5,6)7)15(18-22(2,3)4)16(20)21-24(8,9)10/h11-13,15,18H,1-10H3. The van der Waals surface area contributed by atoms with Crippen LogP contribution in [0, 0.1) is 0 Å². The van der Waals surface area contributed by atoms with Gasteiger partial charge < -0.3 is 13.6 Å². The van der Waals surface area contributed by atoms with Crippen molar-refractivity contribution in [2.45, 2.75) is 77.8 Å². The SMILES string of the molecule is CC(c1cn([Si](C)(C)C)cn1)C(N[Si](C)(C)C)C(=O)O[Si](C)(C)C. The van der Waals surface area contributed by atoms with Gasteiger partial charge in [0.1, 0.15) is 14.3 Å². The molecule has 138 valence electrons.